The van der Waals surface area contributed by atoms with Crippen molar-refractivity contribution in [3.63, 3.8) is 0 Å². The summed E-state index contributed by atoms with van der Waals surface area (Å²) < 4.78 is 16.9. The van der Waals surface area contributed by atoms with Gasteiger partial charge < -0.3 is 24.2 Å². The molecule has 1 amide bonds. The van der Waals surface area contributed by atoms with Gasteiger partial charge in [-0.05, 0) is 53.6 Å². The van der Waals surface area contributed by atoms with Crippen molar-refractivity contribution in [2.24, 2.45) is 0 Å². The van der Waals surface area contributed by atoms with Gasteiger partial charge in [0.1, 0.15) is 31.3 Å². The Bertz CT molecular complexity index is 1350. The number of carbonyl (C=O) groups is 2. The maximum absolute atomic E-state index is 13.3. The third kappa shape index (κ3) is 4.40. The van der Waals surface area contributed by atoms with Crippen LogP contribution >= 0.6 is 0 Å². The number of carbonyl (C=O) groups excluding carboxylic acids is 2. The van der Waals surface area contributed by atoms with Gasteiger partial charge in [0, 0.05) is 24.5 Å². The Labute approximate surface area is 208 Å². The molecule has 3 heterocycles. The Morgan fingerprint density at radius 1 is 1.08 bits per heavy atom. The Hall–Kier alpha value is -4.59. The number of likely N-dealkylation sites (tertiary alicyclic amines) is 1. The largest absolute Gasteiger partial charge is 0.507 e. The normalized spacial score (nSPS) is 18.2. The van der Waals surface area contributed by atoms with Gasteiger partial charge in [0.15, 0.2) is 11.5 Å². The van der Waals surface area contributed by atoms with Gasteiger partial charge in [-0.25, -0.2) is 0 Å². The van der Waals surface area contributed by atoms with E-state index in [0.29, 0.717) is 48.2 Å². The van der Waals surface area contributed by atoms with Crippen LogP contribution in [0.4, 0.5) is 0 Å². The van der Waals surface area contributed by atoms with E-state index in [-0.39, 0.29) is 17.9 Å². The van der Waals surface area contributed by atoms with E-state index in [1.165, 1.54) is 4.90 Å². The second kappa shape index (κ2) is 9.95. The van der Waals surface area contributed by atoms with Crippen molar-refractivity contribution >= 4 is 17.4 Å². The number of fused-ring (bicyclic) bond motifs is 1. The first-order valence-electron chi connectivity index (χ1n) is 11.5. The zero-order valence-corrected chi connectivity index (χ0v) is 19.4. The number of aliphatic hydroxyl groups is 1. The molecule has 1 fully saturated rings. The zero-order chi connectivity index (χ0) is 25.1. The van der Waals surface area contributed by atoms with Crippen LogP contribution in [-0.4, -0.2) is 46.5 Å². The number of hydrogen-bond donors (Lipinski definition) is 1. The number of pyridine rings is 1. The number of nitrogens with zero attached hydrogens (tertiary/aromatic N) is 2. The molecule has 8 heteroatoms. The van der Waals surface area contributed by atoms with Crippen LogP contribution in [0.2, 0.25) is 0 Å². The van der Waals surface area contributed by atoms with Gasteiger partial charge in [0.05, 0.1) is 11.6 Å². The van der Waals surface area contributed by atoms with Gasteiger partial charge in [-0.15, -0.1) is 0 Å². The fourth-order valence-corrected chi connectivity index (χ4v) is 4.35. The molecule has 0 spiro atoms. The number of rotatable bonds is 7. The fraction of sp³-hybridized carbons (Fsp3) is 0.179. The van der Waals surface area contributed by atoms with Crippen LogP contribution < -0.4 is 14.2 Å². The standard InChI is InChI=1S/C28H24N2O6/c1-2-12-34-21-5-3-4-19(15-21)25-24(26(31)20-6-7-22-23(16-20)36-14-13-35-22)27(32)28(33)30(25)17-18-8-10-29-11-9-18/h2-11,15-16,25,31H,1,12-14,17H2/t25-/m1/s1. The highest BCUT2D eigenvalue weighted by Crippen LogP contribution is 2.42. The van der Waals surface area contributed by atoms with Crippen molar-refractivity contribution in [2.75, 3.05) is 19.8 Å². The number of ether oxygens (including phenoxy) is 3. The lowest BCUT2D eigenvalue weighted by molar-refractivity contribution is -0.140. The molecular formula is C28H24N2O6. The lowest BCUT2D eigenvalue weighted by atomic mass is 9.95. The monoisotopic (exact) mass is 484 g/mol. The van der Waals surface area contributed by atoms with Gasteiger partial charge in [0.2, 0.25) is 0 Å². The maximum Gasteiger partial charge on any atom is 0.295 e. The predicted molar refractivity (Wildman–Crippen MR) is 132 cm³/mol. The van der Waals surface area contributed by atoms with Crippen molar-refractivity contribution in [2.45, 2.75) is 12.6 Å². The first-order valence-corrected chi connectivity index (χ1v) is 11.5. The smallest absolute Gasteiger partial charge is 0.295 e. The van der Waals surface area contributed by atoms with E-state index in [9.17, 15) is 14.7 Å². The van der Waals surface area contributed by atoms with Gasteiger partial charge in [-0.3, -0.25) is 14.6 Å². The van der Waals surface area contributed by atoms with E-state index in [2.05, 4.69) is 11.6 Å². The molecule has 1 atom stereocenters. The summed E-state index contributed by atoms with van der Waals surface area (Å²) in [5, 5.41) is 11.4. The second-order valence-corrected chi connectivity index (χ2v) is 8.31. The molecule has 1 saturated heterocycles. The lowest BCUT2D eigenvalue weighted by Gasteiger charge is -2.26. The number of ketones is 1. The molecule has 5 rings (SSSR count). The number of benzene rings is 2. The quantitative estimate of drug-likeness (QED) is 0.234. The van der Waals surface area contributed by atoms with E-state index < -0.39 is 17.7 Å². The lowest BCUT2D eigenvalue weighted by Crippen LogP contribution is -2.29. The Balaban J connectivity index is 1.62. The number of aromatic nitrogens is 1. The van der Waals surface area contributed by atoms with Crippen LogP contribution in [0.15, 0.2) is 85.2 Å². The SMILES string of the molecule is C=CCOc1cccc([C@@H]2C(=C(O)c3ccc4c(c3)OCCO4)C(=O)C(=O)N2Cc2ccncc2)c1. The van der Waals surface area contributed by atoms with Crippen molar-refractivity contribution in [1.29, 1.82) is 0 Å². The van der Waals surface area contributed by atoms with Crippen molar-refractivity contribution in [1.82, 2.24) is 9.88 Å². The fourth-order valence-electron chi connectivity index (χ4n) is 4.35. The molecule has 2 aliphatic heterocycles. The van der Waals surface area contributed by atoms with Crippen LogP contribution in [0, 0.1) is 0 Å². The average Bonchev–Trinajstić information content (AvgIpc) is 3.17. The van der Waals surface area contributed by atoms with E-state index in [4.69, 9.17) is 14.2 Å². The molecule has 2 aliphatic rings. The molecule has 0 unspecified atom stereocenters. The minimum absolute atomic E-state index is 0.00777. The summed E-state index contributed by atoms with van der Waals surface area (Å²) >= 11 is 0. The molecule has 3 aromatic rings. The highest BCUT2D eigenvalue weighted by molar-refractivity contribution is 6.46. The first-order chi connectivity index (χ1) is 17.6. The van der Waals surface area contributed by atoms with E-state index in [1.807, 2.05) is 0 Å². The van der Waals surface area contributed by atoms with Crippen LogP contribution in [0.25, 0.3) is 5.76 Å². The predicted octanol–water partition coefficient (Wildman–Crippen LogP) is 4.04. The highest BCUT2D eigenvalue weighted by atomic mass is 16.6. The molecule has 1 N–H and O–H groups in total. The summed E-state index contributed by atoms with van der Waals surface area (Å²) in [5.74, 6) is -0.175. The third-order valence-corrected chi connectivity index (χ3v) is 6.00. The molecule has 0 radical (unpaired) electrons. The van der Waals surface area contributed by atoms with Crippen LogP contribution in [0.5, 0.6) is 17.2 Å². The molecule has 0 saturated carbocycles. The van der Waals surface area contributed by atoms with Gasteiger partial charge in [0.25, 0.3) is 11.7 Å². The number of aliphatic hydroxyl groups excluding tert-OH is 1. The van der Waals surface area contributed by atoms with Crippen LogP contribution in [-0.2, 0) is 16.1 Å². The second-order valence-electron chi connectivity index (χ2n) is 8.31. The Morgan fingerprint density at radius 3 is 2.64 bits per heavy atom. The average molecular weight is 485 g/mol. The number of hydrogen-bond acceptors (Lipinski definition) is 7. The molecule has 182 valence electrons. The van der Waals surface area contributed by atoms with Crippen molar-refractivity contribution in [3.05, 3.63) is 102 Å². The summed E-state index contributed by atoms with van der Waals surface area (Å²) in [6.45, 7) is 4.94. The first kappa shape index (κ1) is 23.2. The molecule has 2 aromatic carbocycles. The minimum atomic E-state index is -0.835. The zero-order valence-electron chi connectivity index (χ0n) is 19.4. The summed E-state index contributed by atoms with van der Waals surface area (Å²) in [6, 6.07) is 14.8. The van der Waals surface area contributed by atoms with E-state index in [0.717, 1.165) is 5.56 Å². The van der Waals surface area contributed by atoms with Gasteiger partial charge in [-0.1, -0.05) is 24.8 Å². The number of amides is 1. The van der Waals surface area contributed by atoms with Crippen LogP contribution in [0.3, 0.4) is 0 Å². The Morgan fingerprint density at radius 2 is 1.86 bits per heavy atom. The van der Waals surface area contributed by atoms with Crippen molar-refractivity contribution < 1.29 is 28.9 Å². The molecular weight excluding hydrogens is 460 g/mol. The molecule has 8 nitrogen and oxygen atoms in total. The highest BCUT2D eigenvalue weighted by Gasteiger charge is 2.46. The molecule has 36 heavy (non-hydrogen) atoms. The Kier molecular flexibility index (Phi) is 6.40. The molecule has 0 bridgehead atoms. The topological polar surface area (TPSA) is 98.2 Å². The van der Waals surface area contributed by atoms with Gasteiger partial charge >= 0.3 is 0 Å². The number of Topliss-reactive ketones (excluding diaryl/α,β-unsaturated/α-hetero) is 1. The third-order valence-electron chi connectivity index (χ3n) is 6.00. The van der Waals surface area contributed by atoms with Gasteiger partial charge in [-0.2, -0.15) is 0 Å². The summed E-state index contributed by atoms with van der Waals surface area (Å²) in [7, 11) is 0. The maximum atomic E-state index is 13.3. The molecule has 1 aromatic heterocycles. The van der Waals surface area contributed by atoms with E-state index >= 15 is 0 Å². The van der Waals surface area contributed by atoms with Crippen molar-refractivity contribution in [3.8, 4) is 17.2 Å². The minimum Gasteiger partial charge on any atom is -0.507 e. The van der Waals surface area contributed by atoms with Crippen LogP contribution in [0.1, 0.15) is 22.7 Å². The summed E-state index contributed by atoms with van der Waals surface area (Å²) in [4.78, 5) is 32.1. The van der Waals surface area contributed by atoms with E-state index in [1.54, 1.807) is 73.1 Å². The summed E-state index contributed by atoms with van der Waals surface area (Å²) in [5.41, 5.74) is 1.77. The summed E-state index contributed by atoms with van der Waals surface area (Å²) in [6.07, 6.45) is 4.88. The molecule has 0 aliphatic carbocycles.